The van der Waals surface area contributed by atoms with Crippen LogP contribution in [0, 0.1) is 5.92 Å². The normalized spacial score (nSPS) is 22.7. The van der Waals surface area contributed by atoms with Crippen LogP contribution in [-0.4, -0.2) is 13.2 Å². The molecule has 0 aliphatic carbocycles. The highest BCUT2D eigenvalue weighted by Gasteiger charge is 2.26. The van der Waals surface area contributed by atoms with Crippen LogP contribution in [0.2, 0.25) is 0 Å². The average Bonchev–Trinajstić information content (AvgIpc) is 2.98. The summed E-state index contributed by atoms with van der Waals surface area (Å²) in [4.78, 5) is 0. The summed E-state index contributed by atoms with van der Waals surface area (Å²) in [6, 6.07) is 8.03. The first-order chi connectivity index (χ1) is 7.86. The average molecular weight is 217 g/mol. The van der Waals surface area contributed by atoms with Gasteiger partial charge in [-0.3, -0.25) is 0 Å². The van der Waals surface area contributed by atoms with E-state index in [4.69, 9.17) is 14.9 Å². The van der Waals surface area contributed by atoms with Gasteiger partial charge in [0, 0.05) is 29.5 Å². The molecule has 3 rings (SSSR count). The number of furan rings is 1. The van der Waals surface area contributed by atoms with Gasteiger partial charge in [0.05, 0.1) is 12.9 Å². The molecule has 1 aromatic carbocycles. The zero-order valence-corrected chi connectivity index (χ0v) is 9.06. The predicted octanol–water partition coefficient (Wildman–Crippen LogP) is 2.47. The van der Waals surface area contributed by atoms with Gasteiger partial charge in [-0.1, -0.05) is 18.2 Å². The van der Waals surface area contributed by atoms with E-state index in [1.165, 1.54) is 0 Å². The molecule has 2 heterocycles. The lowest BCUT2D eigenvalue weighted by Gasteiger charge is -2.16. The molecule has 0 amide bonds. The molecule has 2 aromatic rings. The van der Waals surface area contributed by atoms with Gasteiger partial charge in [-0.05, 0) is 12.5 Å². The summed E-state index contributed by atoms with van der Waals surface area (Å²) in [6.45, 7) is 1.59. The summed E-state index contributed by atoms with van der Waals surface area (Å²) in [6.07, 6.45) is 2.83. The zero-order valence-electron chi connectivity index (χ0n) is 9.06. The molecule has 84 valence electrons. The van der Waals surface area contributed by atoms with Crippen LogP contribution in [0.4, 0.5) is 0 Å². The van der Waals surface area contributed by atoms with Crippen LogP contribution in [-0.2, 0) is 4.74 Å². The lowest BCUT2D eigenvalue weighted by Crippen LogP contribution is -2.21. The first-order valence-corrected chi connectivity index (χ1v) is 5.66. The molecule has 2 N–H and O–H groups in total. The standard InChI is InChI=1S/C13H15NO2/c14-13(9-5-6-15-7-9)11-8-16-12-4-2-1-3-10(11)12/h1-4,8-9,13H,5-7,14H2. The van der Waals surface area contributed by atoms with Crippen LogP contribution in [0.25, 0.3) is 11.0 Å². The van der Waals surface area contributed by atoms with Crippen molar-refractivity contribution in [2.45, 2.75) is 12.5 Å². The van der Waals surface area contributed by atoms with E-state index >= 15 is 0 Å². The van der Waals surface area contributed by atoms with Gasteiger partial charge in [-0.2, -0.15) is 0 Å². The third-order valence-corrected chi connectivity index (χ3v) is 3.34. The van der Waals surface area contributed by atoms with Crippen molar-refractivity contribution >= 4 is 11.0 Å². The molecular formula is C13H15NO2. The van der Waals surface area contributed by atoms with E-state index in [1.54, 1.807) is 6.26 Å². The number of nitrogens with two attached hydrogens (primary N) is 1. The van der Waals surface area contributed by atoms with Crippen molar-refractivity contribution in [1.82, 2.24) is 0 Å². The van der Waals surface area contributed by atoms with E-state index in [0.29, 0.717) is 5.92 Å². The van der Waals surface area contributed by atoms with E-state index in [1.807, 2.05) is 18.2 Å². The Morgan fingerprint density at radius 1 is 1.31 bits per heavy atom. The van der Waals surface area contributed by atoms with Gasteiger partial charge in [0.2, 0.25) is 0 Å². The fourth-order valence-corrected chi connectivity index (χ4v) is 2.35. The largest absolute Gasteiger partial charge is 0.464 e. The molecular weight excluding hydrogens is 202 g/mol. The molecule has 0 radical (unpaired) electrons. The second kappa shape index (κ2) is 3.92. The van der Waals surface area contributed by atoms with Gasteiger partial charge in [0.1, 0.15) is 5.58 Å². The lowest BCUT2D eigenvalue weighted by molar-refractivity contribution is 0.181. The Morgan fingerprint density at radius 2 is 2.19 bits per heavy atom. The van der Waals surface area contributed by atoms with Gasteiger partial charge in [0.15, 0.2) is 0 Å². The summed E-state index contributed by atoms with van der Waals surface area (Å²) >= 11 is 0. The minimum absolute atomic E-state index is 0.0196. The Morgan fingerprint density at radius 3 is 3.00 bits per heavy atom. The quantitative estimate of drug-likeness (QED) is 0.840. The van der Waals surface area contributed by atoms with Crippen LogP contribution in [0.5, 0.6) is 0 Å². The van der Waals surface area contributed by atoms with Crippen LogP contribution >= 0.6 is 0 Å². The van der Waals surface area contributed by atoms with Crippen molar-refractivity contribution in [2.75, 3.05) is 13.2 Å². The highest BCUT2D eigenvalue weighted by molar-refractivity contribution is 5.81. The van der Waals surface area contributed by atoms with Gasteiger partial charge < -0.3 is 14.9 Å². The van der Waals surface area contributed by atoms with Crippen LogP contribution in [0.1, 0.15) is 18.0 Å². The number of fused-ring (bicyclic) bond motifs is 1. The number of para-hydroxylation sites is 1. The molecule has 1 fully saturated rings. The fourth-order valence-electron chi connectivity index (χ4n) is 2.35. The molecule has 0 spiro atoms. The minimum atomic E-state index is 0.0196. The van der Waals surface area contributed by atoms with Gasteiger partial charge >= 0.3 is 0 Å². The second-order valence-corrected chi connectivity index (χ2v) is 4.34. The maximum atomic E-state index is 6.27. The molecule has 0 saturated carbocycles. The van der Waals surface area contributed by atoms with Crippen molar-refractivity contribution in [3.8, 4) is 0 Å². The predicted molar refractivity (Wildman–Crippen MR) is 62.1 cm³/mol. The molecule has 2 unspecified atom stereocenters. The summed E-state index contributed by atoms with van der Waals surface area (Å²) in [5.74, 6) is 0.418. The Labute approximate surface area is 94.2 Å². The highest BCUT2D eigenvalue weighted by Crippen LogP contribution is 2.32. The van der Waals surface area contributed by atoms with E-state index < -0.39 is 0 Å². The molecule has 2 atom stereocenters. The Kier molecular flexibility index (Phi) is 2.42. The van der Waals surface area contributed by atoms with E-state index in [-0.39, 0.29) is 6.04 Å². The number of ether oxygens (including phenoxy) is 1. The number of benzene rings is 1. The van der Waals surface area contributed by atoms with Crippen molar-refractivity contribution in [1.29, 1.82) is 0 Å². The van der Waals surface area contributed by atoms with Crippen molar-refractivity contribution in [3.05, 3.63) is 36.1 Å². The number of hydrogen-bond acceptors (Lipinski definition) is 3. The van der Waals surface area contributed by atoms with Crippen molar-refractivity contribution in [3.63, 3.8) is 0 Å². The minimum Gasteiger partial charge on any atom is -0.464 e. The maximum Gasteiger partial charge on any atom is 0.134 e. The van der Waals surface area contributed by atoms with Crippen molar-refractivity contribution < 1.29 is 9.15 Å². The van der Waals surface area contributed by atoms with Crippen molar-refractivity contribution in [2.24, 2.45) is 11.7 Å². The molecule has 3 heteroatoms. The van der Waals surface area contributed by atoms with Gasteiger partial charge in [0.25, 0.3) is 0 Å². The first kappa shape index (κ1) is 9.87. The Balaban J connectivity index is 1.98. The van der Waals surface area contributed by atoms with Crippen LogP contribution in [0.15, 0.2) is 34.9 Å². The molecule has 16 heavy (non-hydrogen) atoms. The smallest absolute Gasteiger partial charge is 0.134 e. The maximum absolute atomic E-state index is 6.27. The van der Waals surface area contributed by atoms with E-state index in [0.717, 1.165) is 36.2 Å². The third-order valence-electron chi connectivity index (χ3n) is 3.34. The summed E-state index contributed by atoms with van der Waals surface area (Å²) < 4.78 is 10.9. The van der Waals surface area contributed by atoms with E-state index in [2.05, 4.69) is 6.07 Å². The zero-order chi connectivity index (χ0) is 11.0. The lowest BCUT2D eigenvalue weighted by atomic mass is 9.93. The highest BCUT2D eigenvalue weighted by atomic mass is 16.5. The van der Waals surface area contributed by atoms with Crippen LogP contribution < -0.4 is 5.73 Å². The van der Waals surface area contributed by atoms with Gasteiger partial charge in [-0.25, -0.2) is 0 Å². The second-order valence-electron chi connectivity index (χ2n) is 4.34. The SMILES string of the molecule is NC(c1coc2ccccc12)C1CCOC1. The van der Waals surface area contributed by atoms with E-state index in [9.17, 15) is 0 Å². The number of rotatable bonds is 2. The molecule has 0 bridgehead atoms. The fraction of sp³-hybridized carbons (Fsp3) is 0.385. The van der Waals surface area contributed by atoms with Crippen LogP contribution in [0.3, 0.4) is 0 Å². The third kappa shape index (κ3) is 1.52. The summed E-state index contributed by atoms with van der Waals surface area (Å²) in [5.41, 5.74) is 8.28. The molecule has 1 aliphatic heterocycles. The Hall–Kier alpha value is -1.32. The summed E-state index contributed by atoms with van der Waals surface area (Å²) in [7, 11) is 0. The summed E-state index contributed by atoms with van der Waals surface area (Å²) in [5, 5.41) is 1.13. The number of hydrogen-bond donors (Lipinski definition) is 1. The molecule has 3 nitrogen and oxygen atoms in total. The Bertz CT molecular complexity index is 485. The topological polar surface area (TPSA) is 48.4 Å². The molecule has 1 aromatic heterocycles. The first-order valence-electron chi connectivity index (χ1n) is 5.66. The molecule has 1 aliphatic rings. The monoisotopic (exact) mass is 217 g/mol. The molecule has 1 saturated heterocycles. The van der Waals surface area contributed by atoms with Gasteiger partial charge in [-0.15, -0.1) is 0 Å².